The summed E-state index contributed by atoms with van der Waals surface area (Å²) in [6.07, 6.45) is 9.11. The lowest BCUT2D eigenvalue weighted by molar-refractivity contribution is 0.0705. The number of hydrogen-bond acceptors (Lipinski definition) is 4. The Morgan fingerprint density at radius 2 is 2.07 bits per heavy atom. The second-order valence-electron chi connectivity index (χ2n) is 7.56. The largest absolute Gasteiger partial charge is 0.338 e. The fourth-order valence-corrected chi connectivity index (χ4v) is 3.81. The molecule has 4 rings (SSSR count). The topological polar surface area (TPSA) is 63.9 Å². The van der Waals surface area contributed by atoms with Crippen LogP contribution in [0.5, 0.6) is 0 Å². The zero-order valence-electron chi connectivity index (χ0n) is 16.3. The summed E-state index contributed by atoms with van der Waals surface area (Å²) in [5.41, 5.74) is 1.68. The first kappa shape index (κ1) is 18.3. The molecule has 0 saturated carbocycles. The molecule has 1 fully saturated rings. The van der Waals surface area contributed by atoms with Crippen LogP contribution in [0.2, 0.25) is 0 Å². The van der Waals surface area contributed by atoms with Crippen LogP contribution in [0.25, 0.3) is 5.82 Å². The molecule has 0 radical (unpaired) electrons. The number of rotatable bonds is 4. The molecule has 6 nitrogen and oxygen atoms in total. The van der Waals surface area contributed by atoms with Gasteiger partial charge in [-0.15, -0.1) is 0 Å². The monoisotopic (exact) mass is 375 g/mol. The van der Waals surface area contributed by atoms with E-state index < -0.39 is 0 Å². The Morgan fingerprint density at radius 3 is 2.86 bits per heavy atom. The highest BCUT2D eigenvalue weighted by molar-refractivity contribution is 5.94. The Morgan fingerprint density at radius 1 is 1.18 bits per heavy atom. The van der Waals surface area contributed by atoms with Gasteiger partial charge in [-0.3, -0.25) is 14.3 Å². The van der Waals surface area contributed by atoms with Crippen molar-refractivity contribution in [1.29, 1.82) is 0 Å². The predicted octanol–water partition coefficient (Wildman–Crippen LogP) is 3.81. The minimum absolute atomic E-state index is 0.0469. The first-order valence-corrected chi connectivity index (χ1v) is 9.83. The van der Waals surface area contributed by atoms with Crippen LogP contribution in [0.15, 0.2) is 55.1 Å². The molecule has 0 bridgehead atoms. The molecular weight excluding hydrogens is 350 g/mol. The third-order valence-corrected chi connectivity index (χ3v) is 5.22. The summed E-state index contributed by atoms with van der Waals surface area (Å²) < 4.78 is 2.05. The van der Waals surface area contributed by atoms with Crippen molar-refractivity contribution in [1.82, 2.24) is 24.4 Å². The van der Waals surface area contributed by atoms with Crippen LogP contribution in [-0.2, 0) is 0 Å². The zero-order valence-corrected chi connectivity index (χ0v) is 16.3. The third kappa shape index (κ3) is 3.67. The molecule has 1 aliphatic rings. The van der Waals surface area contributed by atoms with E-state index in [9.17, 15) is 4.79 Å². The number of likely N-dealkylation sites (tertiary alicyclic amines) is 1. The van der Waals surface area contributed by atoms with E-state index in [0.29, 0.717) is 18.0 Å². The summed E-state index contributed by atoms with van der Waals surface area (Å²) in [5.74, 6) is 2.49. The number of carbonyl (C=O) groups excluding carboxylic acids is 1. The molecule has 0 aromatic carbocycles. The summed E-state index contributed by atoms with van der Waals surface area (Å²) in [6.45, 7) is 5.73. The van der Waals surface area contributed by atoms with E-state index in [2.05, 4.69) is 34.4 Å². The van der Waals surface area contributed by atoms with Gasteiger partial charge in [0.05, 0.1) is 5.56 Å². The molecule has 6 heteroatoms. The molecule has 0 aliphatic carbocycles. The van der Waals surface area contributed by atoms with Crippen molar-refractivity contribution in [2.45, 2.75) is 38.5 Å². The Hall–Kier alpha value is -3.02. The first-order valence-electron chi connectivity index (χ1n) is 9.83. The van der Waals surface area contributed by atoms with Crippen LogP contribution in [-0.4, -0.2) is 43.4 Å². The minimum atomic E-state index is 0.0469. The van der Waals surface area contributed by atoms with Gasteiger partial charge in [-0.05, 0) is 37.1 Å². The van der Waals surface area contributed by atoms with Gasteiger partial charge in [-0.2, -0.15) is 0 Å². The summed E-state index contributed by atoms with van der Waals surface area (Å²) in [7, 11) is 0. The van der Waals surface area contributed by atoms with Crippen molar-refractivity contribution in [3.63, 3.8) is 0 Å². The molecule has 3 aromatic rings. The van der Waals surface area contributed by atoms with Gasteiger partial charge >= 0.3 is 0 Å². The van der Waals surface area contributed by atoms with Crippen LogP contribution in [0.1, 0.15) is 60.4 Å². The number of piperidine rings is 1. The lowest BCUT2D eigenvalue weighted by atomic mass is 9.94. The fraction of sp³-hybridized carbons (Fsp3) is 0.364. The lowest BCUT2D eigenvalue weighted by Gasteiger charge is -2.32. The summed E-state index contributed by atoms with van der Waals surface area (Å²) >= 11 is 0. The highest BCUT2D eigenvalue weighted by Crippen LogP contribution is 2.27. The SMILES string of the molecule is CC(C)c1nccn1-c1cccc(C2CCCN(C(=O)c3cccnc3)C2)n1. The molecule has 0 spiro atoms. The van der Waals surface area contributed by atoms with E-state index in [0.717, 1.165) is 36.7 Å². The Kier molecular flexibility index (Phi) is 5.19. The van der Waals surface area contributed by atoms with E-state index in [1.165, 1.54) is 0 Å². The first-order chi connectivity index (χ1) is 13.6. The molecule has 1 amide bonds. The summed E-state index contributed by atoms with van der Waals surface area (Å²) in [4.78, 5) is 28.2. The van der Waals surface area contributed by atoms with Crippen molar-refractivity contribution < 1.29 is 4.79 Å². The van der Waals surface area contributed by atoms with Crippen molar-refractivity contribution in [3.05, 3.63) is 72.2 Å². The van der Waals surface area contributed by atoms with Gasteiger partial charge in [-0.1, -0.05) is 19.9 Å². The summed E-state index contributed by atoms with van der Waals surface area (Å²) in [6, 6.07) is 9.75. The van der Waals surface area contributed by atoms with Crippen molar-refractivity contribution >= 4 is 5.91 Å². The van der Waals surface area contributed by atoms with Gasteiger partial charge in [0, 0.05) is 55.4 Å². The predicted molar refractivity (Wildman–Crippen MR) is 108 cm³/mol. The van der Waals surface area contributed by atoms with E-state index in [-0.39, 0.29) is 11.8 Å². The van der Waals surface area contributed by atoms with E-state index in [1.807, 2.05) is 35.5 Å². The van der Waals surface area contributed by atoms with Gasteiger partial charge in [0.1, 0.15) is 11.6 Å². The standard InChI is InChI=1S/C22H25N5O/c1-16(2)21-24-11-13-27(21)20-9-3-8-19(25-20)18-7-5-12-26(15-18)22(28)17-6-4-10-23-14-17/h3-4,6,8-11,13-14,16,18H,5,7,12,15H2,1-2H3. The number of imidazole rings is 1. The van der Waals surface area contributed by atoms with Crippen molar-refractivity contribution in [2.75, 3.05) is 13.1 Å². The number of hydrogen-bond donors (Lipinski definition) is 0. The zero-order chi connectivity index (χ0) is 19.5. The maximum absolute atomic E-state index is 12.8. The van der Waals surface area contributed by atoms with Crippen LogP contribution in [0, 0.1) is 0 Å². The van der Waals surface area contributed by atoms with Gasteiger partial charge in [-0.25, -0.2) is 9.97 Å². The molecule has 1 saturated heterocycles. The molecule has 3 aromatic heterocycles. The second kappa shape index (κ2) is 7.92. The van der Waals surface area contributed by atoms with Crippen molar-refractivity contribution in [2.24, 2.45) is 0 Å². The third-order valence-electron chi connectivity index (χ3n) is 5.22. The van der Waals surface area contributed by atoms with Crippen molar-refractivity contribution in [3.8, 4) is 5.82 Å². The summed E-state index contributed by atoms with van der Waals surface area (Å²) in [5, 5.41) is 0. The normalized spacial score (nSPS) is 17.1. The van der Waals surface area contributed by atoms with Gasteiger partial charge in [0.25, 0.3) is 5.91 Å². The van der Waals surface area contributed by atoms with Crippen LogP contribution >= 0.6 is 0 Å². The number of pyridine rings is 2. The maximum atomic E-state index is 12.8. The van der Waals surface area contributed by atoms with Gasteiger partial charge in [0.15, 0.2) is 0 Å². The number of nitrogens with zero attached hydrogens (tertiary/aromatic N) is 5. The average molecular weight is 375 g/mol. The molecule has 0 N–H and O–H groups in total. The molecule has 1 aliphatic heterocycles. The second-order valence-corrected chi connectivity index (χ2v) is 7.56. The molecule has 1 atom stereocenters. The molecule has 144 valence electrons. The molecule has 28 heavy (non-hydrogen) atoms. The molecule has 4 heterocycles. The van der Waals surface area contributed by atoms with Gasteiger partial charge < -0.3 is 4.90 Å². The number of aromatic nitrogens is 4. The van der Waals surface area contributed by atoms with E-state index >= 15 is 0 Å². The van der Waals surface area contributed by atoms with Crippen LogP contribution < -0.4 is 0 Å². The quantitative estimate of drug-likeness (QED) is 0.696. The fourth-order valence-electron chi connectivity index (χ4n) is 3.81. The van der Waals surface area contributed by atoms with E-state index in [4.69, 9.17) is 4.98 Å². The van der Waals surface area contributed by atoms with E-state index in [1.54, 1.807) is 18.5 Å². The van der Waals surface area contributed by atoms with Gasteiger partial charge in [0.2, 0.25) is 0 Å². The minimum Gasteiger partial charge on any atom is -0.338 e. The van der Waals surface area contributed by atoms with Crippen LogP contribution in [0.3, 0.4) is 0 Å². The Bertz CT molecular complexity index is 950. The average Bonchev–Trinajstić information content (AvgIpc) is 3.24. The smallest absolute Gasteiger partial charge is 0.255 e. The Labute approximate surface area is 165 Å². The maximum Gasteiger partial charge on any atom is 0.255 e. The highest BCUT2D eigenvalue weighted by atomic mass is 16.2. The highest BCUT2D eigenvalue weighted by Gasteiger charge is 2.26. The molecular formula is C22H25N5O. The Balaban J connectivity index is 1.56. The van der Waals surface area contributed by atoms with Crippen LogP contribution in [0.4, 0.5) is 0 Å². The number of carbonyl (C=O) groups is 1. The molecule has 1 unspecified atom stereocenters. The number of amides is 1. The lowest BCUT2D eigenvalue weighted by Crippen LogP contribution is -2.39.